The number of rotatable bonds is 6. The van der Waals surface area contributed by atoms with Crippen molar-refractivity contribution in [3.8, 4) is 0 Å². The molecule has 1 aromatic rings. The van der Waals surface area contributed by atoms with Gasteiger partial charge in [0, 0.05) is 25.7 Å². The van der Waals surface area contributed by atoms with Gasteiger partial charge in [-0.1, -0.05) is 13.3 Å². The van der Waals surface area contributed by atoms with Gasteiger partial charge < -0.3 is 10.2 Å². The van der Waals surface area contributed by atoms with Crippen LogP contribution in [0.4, 0.5) is 5.82 Å². The van der Waals surface area contributed by atoms with Gasteiger partial charge in [0.15, 0.2) is 5.82 Å². The number of nitrogens with zero attached hydrogens (tertiary/aromatic N) is 3. The number of hydrogen-bond donors (Lipinski definition) is 1. The van der Waals surface area contributed by atoms with Crippen LogP contribution in [0.1, 0.15) is 44.7 Å². The molecule has 1 aliphatic heterocycles. The van der Waals surface area contributed by atoms with Gasteiger partial charge in [-0.3, -0.25) is 0 Å². The monoisotopic (exact) mass is 260 g/mol. The predicted octanol–water partition coefficient (Wildman–Crippen LogP) is 2.36. The summed E-state index contributed by atoms with van der Waals surface area (Å²) < 4.78 is 0. The lowest BCUT2D eigenvalue weighted by molar-refractivity contribution is 0.529. The maximum absolute atomic E-state index is 4.39. The summed E-state index contributed by atoms with van der Waals surface area (Å²) in [7, 11) is 0. The van der Waals surface area contributed by atoms with Crippen molar-refractivity contribution in [2.45, 2.75) is 51.6 Å². The molecule has 4 nitrogen and oxygen atoms in total. The minimum absolute atomic E-state index is 0.731. The van der Waals surface area contributed by atoms with E-state index in [0.29, 0.717) is 0 Å². The molecule has 0 aromatic carbocycles. The molecule has 1 saturated carbocycles. The van der Waals surface area contributed by atoms with E-state index in [-0.39, 0.29) is 0 Å². The molecule has 2 fully saturated rings. The summed E-state index contributed by atoms with van der Waals surface area (Å²) in [5, 5.41) is 12.2. The van der Waals surface area contributed by atoms with Crippen molar-refractivity contribution in [2.24, 2.45) is 5.92 Å². The molecule has 0 bridgehead atoms. The largest absolute Gasteiger partial charge is 0.355 e. The quantitative estimate of drug-likeness (QED) is 0.852. The van der Waals surface area contributed by atoms with Gasteiger partial charge in [-0.2, -0.15) is 5.10 Å². The Morgan fingerprint density at radius 1 is 1.26 bits per heavy atom. The molecule has 1 N–H and O–H groups in total. The number of nitrogens with one attached hydrogen (secondary N) is 1. The number of anilines is 1. The summed E-state index contributed by atoms with van der Waals surface area (Å²) in [6, 6.07) is 4.98. The van der Waals surface area contributed by atoms with E-state index in [1.807, 2.05) is 0 Å². The van der Waals surface area contributed by atoms with Crippen LogP contribution in [0.15, 0.2) is 12.1 Å². The first-order valence-electron chi connectivity index (χ1n) is 7.66. The van der Waals surface area contributed by atoms with E-state index in [9.17, 15) is 0 Å². The van der Waals surface area contributed by atoms with Crippen molar-refractivity contribution in [1.82, 2.24) is 15.5 Å². The van der Waals surface area contributed by atoms with Crippen LogP contribution < -0.4 is 10.2 Å². The lowest BCUT2D eigenvalue weighted by Gasteiger charge is -2.16. The zero-order chi connectivity index (χ0) is 13.1. The minimum Gasteiger partial charge on any atom is -0.355 e. The molecule has 1 aromatic heterocycles. The summed E-state index contributed by atoms with van der Waals surface area (Å²) in [6.07, 6.45) is 6.57. The summed E-state index contributed by atoms with van der Waals surface area (Å²) in [5.41, 5.74) is 1.06. The zero-order valence-corrected chi connectivity index (χ0v) is 11.8. The Hall–Kier alpha value is -1.16. The molecule has 1 saturated heterocycles. The third-order valence-corrected chi connectivity index (χ3v) is 4.16. The Balaban J connectivity index is 1.53. The van der Waals surface area contributed by atoms with Gasteiger partial charge in [0.1, 0.15) is 0 Å². The average molecular weight is 260 g/mol. The summed E-state index contributed by atoms with van der Waals surface area (Å²) in [4.78, 5) is 2.38. The Bertz CT molecular complexity index is 399. The fourth-order valence-corrected chi connectivity index (χ4v) is 2.84. The molecule has 104 valence electrons. The highest BCUT2D eigenvalue weighted by Crippen LogP contribution is 2.24. The van der Waals surface area contributed by atoms with Gasteiger partial charge in [0.2, 0.25) is 0 Å². The molecule has 0 amide bonds. The second kappa shape index (κ2) is 5.87. The normalized spacial score (nSPS) is 23.0. The Morgan fingerprint density at radius 3 is 2.84 bits per heavy atom. The summed E-state index contributed by atoms with van der Waals surface area (Å²) >= 11 is 0. The highest BCUT2D eigenvalue weighted by atomic mass is 15.3. The standard InChI is InChI=1S/C15H24N4/c1-2-3-12-8-9-19(11-12)15-7-6-14(17-18-15)10-16-13-4-5-13/h6-7,12-13,16H,2-5,8-11H2,1H3. The van der Waals surface area contributed by atoms with Crippen molar-refractivity contribution < 1.29 is 0 Å². The molecule has 0 spiro atoms. The zero-order valence-electron chi connectivity index (χ0n) is 11.8. The SMILES string of the molecule is CCCC1CCN(c2ccc(CNC3CC3)nn2)C1. The van der Waals surface area contributed by atoms with Gasteiger partial charge in [-0.05, 0) is 43.7 Å². The van der Waals surface area contributed by atoms with Crippen LogP contribution in [0.5, 0.6) is 0 Å². The first-order valence-corrected chi connectivity index (χ1v) is 7.66. The van der Waals surface area contributed by atoms with Crippen molar-refractivity contribution in [3.05, 3.63) is 17.8 Å². The molecule has 19 heavy (non-hydrogen) atoms. The van der Waals surface area contributed by atoms with E-state index in [1.54, 1.807) is 0 Å². The van der Waals surface area contributed by atoms with E-state index >= 15 is 0 Å². The van der Waals surface area contributed by atoms with Gasteiger partial charge in [0.25, 0.3) is 0 Å². The number of aromatic nitrogens is 2. The van der Waals surface area contributed by atoms with E-state index in [0.717, 1.165) is 43.1 Å². The average Bonchev–Trinajstić information content (AvgIpc) is 3.16. The smallest absolute Gasteiger partial charge is 0.151 e. The van der Waals surface area contributed by atoms with Crippen LogP contribution in [0.2, 0.25) is 0 Å². The molecular weight excluding hydrogens is 236 g/mol. The first-order chi connectivity index (χ1) is 9.35. The first kappa shape index (κ1) is 12.9. The molecule has 1 aliphatic carbocycles. The van der Waals surface area contributed by atoms with E-state index in [2.05, 4.69) is 39.5 Å². The maximum atomic E-state index is 4.39. The predicted molar refractivity (Wildman–Crippen MR) is 77.1 cm³/mol. The second-order valence-corrected chi connectivity index (χ2v) is 5.93. The minimum atomic E-state index is 0.731. The van der Waals surface area contributed by atoms with Crippen LogP contribution in [-0.4, -0.2) is 29.3 Å². The third-order valence-electron chi connectivity index (χ3n) is 4.16. The fraction of sp³-hybridized carbons (Fsp3) is 0.733. The summed E-state index contributed by atoms with van der Waals surface area (Å²) in [6.45, 7) is 5.42. The fourth-order valence-electron chi connectivity index (χ4n) is 2.84. The Kier molecular flexibility index (Phi) is 3.97. The molecule has 0 radical (unpaired) electrons. The van der Waals surface area contributed by atoms with E-state index in [1.165, 1.54) is 32.1 Å². The molecule has 4 heteroatoms. The number of hydrogen-bond acceptors (Lipinski definition) is 4. The third kappa shape index (κ3) is 3.44. The highest BCUT2D eigenvalue weighted by Gasteiger charge is 2.23. The van der Waals surface area contributed by atoms with Gasteiger partial charge in [-0.25, -0.2) is 0 Å². The van der Waals surface area contributed by atoms with Crippen LogP contribution in [0.3, 0.4) is 0 Å². The van der Waals surface area contributed by atoms with E-state index < -0.39 is 0 Å². The molecule has 1 unspecified atom stereocenters. The van der Waals surface area contributed by atoms with Crippen LogP contribution in [0, 0.1) is 5.92 Å². The van der Waals surface area contributed by atoms with Gasteiger partial charge >= 0.3 is 0 Å². The lowest BCUT2D eigenvalue weighted by atomic mass is 10.0. The van der Waals surface area contributed by atoms with Crippen LogP contribution in [0.25, 0.3) is 0 Å². The molecule has 3 rings (SSSR count). The Labute approximate surface area is 115 Å². The second-order valence-electron chi connectivity index (χ2n) is 5.93. The van der Waals surface area contributed by atoms with Crippen LogP contribution in [-0.2, 0) is 6.54 Å². The highest BCUT2D eigenvalue weighted by molar-refractivity contribution is 5.38. The van der Waals surface area contributed by atoms with Crippen molar-refractivity contribution in [2.75, 3.05) is 18.0 Å². The topological polar surface area (TPSA) is 41.0 Å². The lowest BCUT2D eigenvalue weighted by Crippen LogP contribution is -2.22. The molecule has 2 aliphatic rings. The molecular formula is C15H24N4. The maximum Gasteiger partial charge on any atom is 0.151 e. The van der Waals surface area contributed by atoms with Crippen molar-refractivity contribution in [1.29, 1.82) is 0 Å². The van der Waals surface area contributed by atoms with Crippen molar-refractivity contribution >= 4 is 5.82 Å². The van der Waals surface area contributed by atoms with Crippen LogP contribution >= 0.6 is 0 Å². The van der Waals surface area contributed by atoms with Gasteiger partial charge in [0.05, 0.1) is 5.69 Å². The van der Waals surface area contributed by atoms with Gasteiger partial charge in [-0.15, -0.1) is 5.10 Å². The van der Waals surface area contributed by atoms with E-state index in [4.69, 9.17) is 0 Å². The Morgan fingerprint density at radius 2 is 2.16 bits per heavy atom. The van der Waals surface area contributed by atoms with Crippen molar-refractivity contribution in [3.63, 3.8) is 0 Å². The molecule has 1 atom stereocenters. The summed E-state index contributed by atoms with van der Waals surface area (Å²) in [5.74, 6) is 1.90. The molecule has 2 heterocycles.